The van der Waals surface area contributed by atoms with Gasteiger partial charge in [-0.3, -0.25) is 0 Å². The molecule has 586 valence electrons. The van der Waals surface area contributed by atoms with Crippen LogP contribution in [0.4, 0.5) is 0 Å². The molecule has 2 aliphatic heterocycles. The number of ether oxygens (including phenoxy) is 2. The maximum Gasteiger partial charge on any atom is 0.164 e. The number of para-hydroxylation sites is 4. The van der Waals surface area contributed by atoms with E-state index in [0.29, 0.717) is 34.9 Å². The normalized spacial score (nSPS) is 13.2. The lowest BCUT2D eigenvalue weighted by atomic mass is 9.66. The van der Waals surface area contributed by atoms with Crippen LogP contribution in [0.15, 0.2) is 421 Å². The average molecular weight is 1610 g/mol. The van der Waals surface area contributed by atoms with E-state index < -0.39 is 10.8 Å². The Balaban J connectivity index is 0.000000134. The highest BCUT2D eigenvalue weighted by atomic mass is 16.5. The van der Waals surface area contributed by atoms with Gasteiger partial charge in [-0.2, -0.15) is 0 Å². The van der Waals surface area contributed by atoms with Gasteiger partial charge in [-0.15, -0.1) is 0 Å². The van der Waals surface area contributed by atoms with Crippen molar-refractivity contribution in [3.05, 3.63) is 457 Å². The number of benzene rings is 19. The van der Waals surface area contributed by atoms with Crippen molar-refractivity contribution in [3.8, 4) is 136 Å². The molecule has 0 saturated carbocycles. The Morgan fingerprint density at radius 1 is 0.167 bits per heavy atom. The molecule has 23 aromatic rings. The second-order valence-electron chi connectivity index (χ2n) is 32.8. The van der Waals surface area contributed by atoms with Gasteiger partial charge in [0.05, 0.1) is 10.8 Å². The van der Waals surface area contributed by atoms with Crippen molar-refractivity contribution in [1.29, 1.82) is 0 Å². The molecule has 27 rings (SSSR count). The highest BCUT2D eigenvalue weighted by Gasteiger charge is 2.53. The molecule has 0 unspecified atom stereocenters. The smallest absolute Gasteiger partial charge is 0.164 e. The Morgan fingerprint density at radius 2 is 0.484 bits per heavy atom. The zero-order valence-corrected chi connectivity index (χ0v) is 67.6. The zero-order chi connectivity index (χ0) is 82.7. The Kier molecular flexibility index (Phi) is 15.7. The van der Waals surface area contributed by atoms with Crippen molar-refractivity contribution in [1.82, 2.24) is 29.9 Å². The van der Waals surface area contributed by atoms with Gasteiger partial charge in [0.1, 0.15) is 45.3 Å². The lowest BCUT2D eigenvalue weighted by Gasteiger charge is -2.39. The predicted molar refractivity (Wildman–Crippen MR) is 505 cm³/mol. The number of furan rings is 2. The first-order chi connectivity index (χ1) is 62.4. The quantitative estimate of drug-likeness (QED) is 0.145. The summed E-state index contributed by atoms with van der Waals surface area (Å²) in [6, 6.07) is 145. The molecule has 0 saturated heterocycles. The van der Waals surface area contributed by atoms with Crippen molar-refractivity contribution in [3.63, 3.8) is 0 Å². The summed E-state index contributed by atoms with van der Waals surface area (Å²) >= 11 is 0. The highest BCUT2D eigenvalue weighted by Crippen LogP contribution is 2.65. The molecule has 10 heteroatoms. The fourth-order valence-electron chi connectivity index (χ4n) is 20.8. The minimum absolute atomic E-state index is 0.574. The third-order valence-electron chi connectivity index (χ3n) is 26.2. The molecule has 19 aromatic carbocycles. The molecule has 6 heterocycles. The summed E-state index contributed by atoms with van der Waals surface area (Å²) in [6.07, 6.45) is 0. The van der Waals surface area contributed by atoms with E-state index in [1.165, 1.54) is 49.9 Å². The summed E-state index contributed by atoms with van der Waals surface area (Å²) in [7, 11) is 0. The van der Waals surface area contributed by atoms with E-state index >= 15 is 0 Å². The molecule has 4 aromatic heterocycles. The molecule has 0 radical (unpaired) electrons. The van der Waals surface area contributed by atoms with E-state index in [1.54, 1.807) is 0 Å². The Morgan fingerprint density at radius 3 is 0.897 bits per heavy atom. The fraction of sp³-hybridized carbons (Fsp3) is 0.0172. The second-order valence-corrected chi connectivity index (χ2v) is 32.8. The van der Waals surface area contributed by atoms with Crippen LogP contribution in [-0.2, 0) is 10.8 Å². The molecule has 2 spiro atoms. The second kappa shape index (κ2) is 27.9. The Hall–Kier alpha value is -16.8. The maximum atomic E-state index is 6.93. The number of fused-ring (bicyclic) bond motifs is 27. The molecule has 126 heavy (non-hydrogen) atoms. The highest BCUT2D eigenvalue weighted by molar-refractivity contribution is 6.20. The van der Waals surface area contributed by atoms with Gasteiger partial charge < -0.3 is 18.3 Å². The number of hydrogen-bond donors (Lipinski definition) is 0. The molecule has 0 bridgehead atoms. The summed E-state index contributed by atoms with van der Waals surface area (Å²) in [5, 5.41) is 10.9. The third kappa shape index (κ3) is 10.6. The van der Waals surface area contributed by atoms with Crippen molar-refractivity contribution < 1.29 is 18.3 Å². The summed E-state index contributed by atoms with van der Waals surface area (Å²) in [5.74, 6) is 7.26. The standard InChI is InChI=1S/C60H35N3O2.C56H33N3O2/c1-2-16-37(17-3-1)57-61-58(39-30-29-36-15-4-5-18-38(36)33-39)63-59(62-57)45-32-31-42(40-19-6-7-20-41(40)45)44-22-14-28-54-56(44)47-34-46-43-21-8-9-23-48(43)60(51(46)35-55(47)65-54)49-24-10-12-26-52(49)64-53-27-13-11-25-50(53)60;1-3-16-34(17-4-1)53-57-54(35-18-5-2-6-19-35)59-55(58-53)41-31-30-38(36-20-7-8-21-37(36)41)40-23-15-29-50-52(40)43-32-42-39-22-9-10-24-44(39)56(47(42)33-51(43)61-50)45-25-11-13-27-48(45)60-49-28-14-12-26-46(49)56/h1-35H;1-33H. The van der Waals surface area contributed by atoms with Gasteiger partial charge in [0.2, 0.25) is 0 Å². The van der Waals surface area contributed by atoms with Crippen LogP contribution >= 0.6 is 0 Å². The molecule has 0 N–H and O–H groups in total. The minimum Gasteiger partial charge on any atom is -0.457 e. The number of rotatable bonds is 8. The number of aromatic nitrogens is 6. The zero-order valence-electron chi connectivity index (χ0n) is 67.6. The summed E-state index contributed by atoms with van der Waals surface area (Å²) in [5.41, 5.74) is 26.5. The molecule has 4 aliphatic rings. The first kappa shape index (κ1) is 71.0. The van der Waals surface area contributed by atoms with Gasteiger partial charge in [-0.1, -0.05) is 334 Å². The molecular weight excluding hydrogens is 1540 g/mol. The van der Waals surface area contributed by atoms with Crippen molar-refractivity contribution >= 4 is 76.2 Å². The maximum absolute atomic E-state index is 6.93. The molecule has 10 nitrogen and oxygen atoms in total. The van der Waals surface area contributed by atoms with E-state index in [1.807, 2.05) is 78.9 Å². The van der Waals surface area contributed by atoms with Gasteiger partial charge >= 0.3 is 0 Å². The van der Waals surface area contributed by atoms with Gasteiger partial charge in [0, 0.05) is 77.2 Å². The fourth-order valence-corrected chi connectivity index (χ4v) is 20.8. The lowest BCUT2D eigenvalue weighted by molar-refractivity contribution is 0.436. The number of nitrogens with zero attached hydrogens (tertiary/aromatic N) is 6. The lowest BCUT2D eigenvalue weighted by Crippen LogP contribution is -2.32. The van der Waals surface area contributed by atoms with Crippen LogP contribution in [0.25, 0.3) is 189 Å². The molecule has 2 aliphatic carbocycles. The minimum atomic E-state index is -0.580. The van der Waals surface area contributed by atoms with E-state index in [-0.39, 0.29) is 0 Å². The Bertz CT molecular complexity index is 8360. The van der Waals surface area contributed by atoms with Gasteiger partial charge in [0.15, 0.2) is 34.9 Å². The van der Waals surface area contributed by atoms with Crippen LogP contribution in [-0.4, -0.2) is 29.9 Å². The molecule has 0 atom stereocenters. The van der Waals surface area contributed by atoms with Crippen molar-refractivity contribution in [2.24, 2.45) is 0 Å². The van der Waals surface area contributed by atoms with Gasteiger partial charge in [-0.25, -0.2) is 29.9 Å². The van der Waals surface area contributed by atoms with E-state index in [4.69, 9.17) is 48.2 Å². The molecule has 0 fully saturated rings. The van der Waals surface area contributed by atoms with Crippen LogP contribution < -0.4 is 9.47 Å². The summed E-state index contributed by atoms with van der Waals surface area (Å²) in [6.45, 7) is 0. The van der Waals surface area contributed by atoms with Gasteiger partial charge in [-0.05, 0) is 178 Å². The first-order valence-electron chi connectivity index (χ1n) is 42.6. The van der Waals surface area contributed by atoms with Crippen LogP contribution in [0.5, 0.6) is 23.0 Å². The van der Waals surface area contributed by atoms with Crippen molar-refractivity contribution in [2.75, 3.05) is 0 Å². The van der Waals surface area contributed by atoms with E-state index in [0.717, 1.165) is 172 Å². The molecule has 0 amide bonds. The van der Waals surface area contributed by atoms with E-state index in [2.05, 4.69) is 334 Å². The van der Waals surface area contributed by atoms with E-state index in [9.17, 15) is 0 Å². The SMILES string of the molecule is c1ccc(-c2nc(-c3ccc4ccccc4c3)nc(-c3ccc(-c4cccc5oc6cc7c(cc6c45)-c4ccccc4C74c5ccccc5Oc5ccccc54)c4ccccc34)n2)cc1.c1ccc(-c2nc(-c3ccccc3)nc(-c3ccc(-c4cccc5oc6cc7c(cc6c45)-c4ccccc4C74c5ccccc5Oc5ccccc54)c4ccccc34)n2)cc1. The summed E-state index contributed by atoms with van der Waals surface area (Å²) in [4.78, 5) is 30.6. The average Bonchev–Trinajstić information content (AvgIpc) is 1.50. The topological polar surface area (TPSA) is 122 Å². The Labute approximate surface area is 723 Å². The van der Waals surface area contributed by atoms with Crippen LogP contribution in [0.2, 0.25) is 0 Å². The van der Waals surface area contributed by atoms with Gasteiger partial charge in [0.25, 0.3) is 0 Å². The first-order valence-corrected chi connectivity index (χ1v) is 42.6. The molecular formula is C116H68N6O4. The number of hydrogen-bond acceptors (Lipinski definition) is 10. The predicted octanol–water partition coefficient (Wildman–Crippen LogP) is 29.3. The van der Waals surface area contributed by atoms with Crippen LogP contribution in [0, 0.1) is 0 Å². The van der Waals surface area contributed by atoms with Crippen LogP contribution in [0.1, 0.15) is 44.5 Å². The monoisotopic (exact) mass is 1610 g/mol. The third-order valence-corrected chi connectivity index (χ3v) is 26.2. The van der Waals surface area contributed by atoms with Crippen LogP contribution in [0.3, 0.4) is 0 Å². The summed E-state index contributed by atoms with van der Waals surface area (Å²) < 4.78 is 27.0. The largest absolute Gasteiger partial charge is 0.457 e. The van der Waals surface area contributed by atoms with Crippen molar-refractivity contribution in [2.45, 2.75) is 10.8 Å².